The van der Waals surface area contributed by atoms with E-state index in [4.69, 9.17) is 5.73 Å². The molecule has 122 valence electrons. The number of anilines is 3. The zero-order chi connectivity index (χ0) is 17.0. The van der Waals surface area contributed by atoms with Gasteiger partial charge in [-0.1, -0.05) is 32.9 Å². The SMILES string of the molecule is CC(C)(C)C(=O)Nc1ccc(CNc2cccc(F)c2)cc1N. The van der Waals surface area contributed by atoms with Gasteiger partial charge in [-0.15, -0.1) is 0 Å². The third kappa shape index (κ3) is 4.71. The van der Waals surface area contributed by atoms with Gasteiger partial charge in [-0.25, -0.2) is 4.39 Å². The van der Waals surface area contributed by atoms with Crippen LogP contribution in [0.5, 0.6) is 0 Å². The van der Waals surface area contributed by atoms with Crippen LogP contribution < -0.4 is 16.4 Å². The molecule has 0 aliphatic rings. The fourth-order valence-electron chi connectivity index (χ4n) is 1.95. The van der Waals surface area contributed by atoms with E-state index in [0.29, 0.717) is 23.6 Å². The van der Waals surface area contributed by atoms with Gasteiger partial charge in [0.15, 0.2) is 0 Å². The van der Waals surface area contributed by atoms with E-state index in [1.807, 2.05) is 26.8 Å². The highest BCUT2D eigenvalue weighted by molar-refractivity contribution is 5.97. The molecule has 0 spiro atoms. The van der Waals surface area contributed by atoms with Gasteiger partial charge in [0.05, 0.1) is 11.4 Å². The number of nitrogens with two attached hydrogens (primary N) is 1. The topological polar surface area (TPSA) is 67.2 Å². The van der Waals surface area contributed by atoms with Crippen molar-refractivity contribution in [2.75, 3.05) is 16.4 Å². The van der Waals surface area contributed by atoms with Crippen LogP contribution in [0.4, 0.5) is 21.5 Å². The van der Waals surface area contributed by atoms with E-state index in [1.165, 1.54) is 12.1 Å². The monoisotopic (exact) mass is 315 g/mol. The van der Waals surface area contributed by atoms with Gasteiger partial charge in [-0.2, -0.15) is 0 Å². The molecule has 23 heavy (non-hydrogen) atoms. The minimum atomic E-state index is -0.482. The molecule has 2 aromatic carbocycles. The van der Waals surface area contributed by atoms with E-state index in [-0.39, 0.29) is 11.7 Å². The molecule has 0 bridgehead atoms. The molecule has 1 amide bonds. The Morgan fingerprint density at radius 3 is 2.52 bits per heavy atom. The second kappa shape index (κ2) is 6.69. The van der Waals surface area contributed by atoms with Gasteiger partial charge in [-0.3, -0.25) is 4.79 Å². The Kier molecular flexibility index (Phi) is 4.89. The number of carbonyl (C=O) groups is 1. The van der Waals surface area contributed by atoms with E-state index < -0.39 is 5.41 Å². The second-order valence-electron chi connectivity index (χ2n) is 6.49. The maximum Gasteiger partial charge on any atom is 0.229 e. The summed E-state index contributed by atoms with van der Waals surface area (Å²) in [5.41, 5.74) is 8.27. The van der Waals surface area contributed by atoms with E-state index in [0.717, 1.165) is 5.56 Å². The first-order chi connectivity index (χ1) is 10.8. The van der Waals surface area contributed by atoms with E-state index >= 15 is 0 Å². The summed E-state index contributed by atoms with van der Waals surface area (Å²) in [4.78, 5) is 12.0. The number of nitrogen functional groups attached to an aromatic ring is 1. The number of carbonyl (C=O) groups excluding carboxylic acids is 1. The predicted octanol–water partition coefficient (Wildman–Crippen LogP) is 4.00. The standard InChI is InChI=1S/C18H22FN3O/c1-18(2,3)17(23)22-16-8-7-12(9-15(16)20)11-21-14-6-4-5-13(19)10-14/h4-10,21H,11,20H2,1-3H3,(H,22,23). The lowest BCUT2D eigenvalue weighted by molar-refractivity contribution is -0.123. The van der Waals surface area contributed by atoms with Crippen LogP contribution >= 0.6 is 0 Å². The minimum Gasteiger partial charge on any atom is -0.397 e. The number of rotatable bonds is 4. The summed E-state index contributed by atoms with van der Waals surface area (Å²) < 4.78 is 13.1. The van der Waals surface area contributed by atoms with E-state index in [9.17, 15) is 9.18 Å². The zero-order valence-corrected chi connectivity index (χ0v) is 13.6. The molecule has 0 atom stereocenters. The van der Waals surface area contributed by atoms with Crippen molar-refractivity contribution in [2.24, 2.45) is 5.41 Å². The van der Waals surface area contributed by atoms with Crippen molar-refractivity contribution >= 4 is 23.0 Å². The number of nitrogens with one attached hydrogen (secondary N) is 2. The smallest absolute Gasteiger partial charge is 0.229 e. The molecular formula is C18H22FN3O. The van der Waals surface area contributed by atoms with Crippen LogP contribution in [-0.2, 0) is 11.3 Å². The minimum absolute atomic E-state index is 0.0881. The summed E-state index contributed by atoms with van der Waals surface area (Å²) in [6, 6.07) is 11.7. The van der Waals surface area contributed by atoms with Crippen LogP contribution in [0.3, 0.4) is 0 Å². The summed E-state index contributed by atoms with van der Waals surface area (Å²) in [7, 11) is 0. The fraction of sp³-hybridized carbons (Fsp3) is 0.278. The van der Waals surface area contributed by atoms with Gasteiger partial charge in [0.25, 0.3) is 0 Å². The summed E-state index contributed by atoms with van der Waals surface area (Å²) in [5.74, 6) is -0.371. The average molecular weight is 315 g/mol. The van der Waals surface area contributed by atoms with E-state index in [2.05, 4.69) is 10.6 Å². The summed E-state index contributed by atoms with van der Waals surface area (Å²) in [6.07, 6.45) is 0. The predicted molar refractivity (Wildman–Crippen MR) is 92.7 cm³/mol. The highest BCUT2D eigenvalue weighted by atomic mass is 19.1. The maximum atomic E-state index is 13.1. The number of hydrogen-bond donors (Lipinski definition) is 3. The second-order valence-corrected chi connectivity index (χ2v) is 6.49. The number of halogens is 1. The van der Waals surface area contributed by atoms with Gasteiger partial charge in [0, 0.05) is 17.6 Å². The number of amides is 1. The number of hydrogen-bond acceptors (Lipinski definition) is 3. The normalized spacial score (nSPS) is 11.1. The first-order valence-corrected chi connectivity index (χ1v) is 7.45. The van der Waals surface area contributed by atoms with Crippen molar-refractivity contribution in [3.63, 3.8) is 0 Å². The Hall–Kier alpha value is -2.56. The van der Waals surface area contributed by atoms with Crippen molar-refractivity contribution in [2.45, 2.75) is 27.3 Å². The largest absolute Gasteiger partial charge is 0.397 e. The Bertz CT molecular complexity index is 708. The Labute approximate surface area is 135 Å². The molecule has 0 saturated carbocycles. The molecular weight excluding hydrogens is 293 g/mol. The van der Waals surface area contributed by atoms with Crippen molar-refractivity contribution in [3.05, 3.63) is 53.8 Å². The lowest BCUT2D eigenvalue weighted by atomic mass is 9.95. The van der Waals surface area contributed by atoms with Gasteiger partial charge < -0.3 is 16.4 Å². The van der Waals surface area contributed by atoms with Crippen LogP contribution in [-0.4, -0.2) is 5.91 Å². The molecule has 2 aromatic rings. The quantitative estimate of drug-likeness (QED) is 0.747. The molecule has 2 rings (SSSR count). The van der Waals surface area contributed by atoms with Gasteiger partial charge in [0.2, 0.25) is 5.91 Å². The Morgan fingerprint density at radius 1 is 1.17 bits per heavy atom. The summed E-state index contributed by atoms with van der Waals surface area (Å²) >= 11 is 0. The molecule has 0 unspecified atom stereocenters. The summed E-state index contributed by atoms with van der Waals surface area (Å²) in [5, 5.41) is 5.96. The third-order valence-corrected chi connectivity index (χ3v) is 3.37. The van der Waals surface area contributed by atoms with Gasteiger partial charge >= 0.3 is 0 Å². The average Bonchev–Trinajstić information content (AvgIpc) is 2.46. The van der Waals surface area contributed by atoms with Crippen molar-refractivity contribution < 1.29 is 9.18 Å². The highest BCUT2D eigenvalue weighted by Crippen LogP contribution is 2.24. The van der Waals surface area contributed by atoms with Crippen LogP contribution in [0.1, 0.15) is 26.3 Å². The molecule has 5 heteroatoms. The van der Waals surface area contributed by atoms with Gasteiger partial charge in [-0.05, 0) is 35.9 Å². The lowest BCUT2D eigenvalue weighted by Crippen LogP contribution is -2.28. The third-order valence-electron chi connectivity index (χ3n) is 3.37. The molecule has 0 saturated heterocycles. The summed E-state index contributed by atoms with van der Waals surface area (Å²) in [6.45, 7) is 6.04. The zero-order valence-electron chi connectivity index (χ0n) is 13.6. The fourth-order valence-corrected chi connectivity index (χ4v) is 1.95. The van der Waals surface area contributed by atoms with Crippen LogP contribution in [0.15, 0.2) is 42.5 Å². The molecule has 4 nitrogen and oxygen atoms in total. The molecule has 0 heterocycles. The lowest BCUT2D eigenvalue weighted by Gasteiger charge is -2.19. The molecule has 0 aliphatic carbocycles. The molecule has 4 N–H and O–H groups in total. The molecule has 0 fully saturated rings. The first-order valence-electron chi connectivity index (χ1n) is 7.45. The molecule has 0 aliphatic heterocycles. The van der Waals surface area contributed by atoms with Crippen molar-refractivity contribution in [1.29, 1.82) is 0 Å². The molecule has 0 aromatic heterocycles. The Morgan fingerprint density at radius 2 is 1.91 bits per heavy atom. The maximum absolute atomic E-state index is 13.1. The van der Waals surface area contributed by atoms with Crippen molar-refractivity contribution in [1.82, 2.24) is 0 Å². The molecule has 0 radical (unpaired) electrons. The van der Waals surface area contributed by atoms with Gasteiger partial charge in [0.1, 0.15) is 5.82 Å². The van der Waals surface area contributed by atoms with Crippen LogP contribution in [0.2, 0.25) is 0 Å². The van der Waals surface area contributed by atoms with Crippen LogP contribution in [0.25, 0.3) is 0 Å². The Balaban J connectivity index is 2.03. The first kappa shape index (κ1) is 16.8. The number of benzene rings is 2. The highest BCUT2D eigenvalue weighted by Gasteiger charge is 2.21. The van der Waals surface area contributed by atoms with Crippen molar-refractivity contribution in [3.8, 4) is 0 Å². The van der Waals surface area contributed by atoms with E-state index in [1.54, 1.807) is 24.3 Å². The van der Waals surface area contributed by atoms with Crippen LogP contribution in [0, 0.1) is 11.2 Å².